The number of rotatable bonds is 2. The molecule has 0 spiro atoms. The summed E-state index contributed by atoms with van der Waals surface area (Å²) in [6.07, 6.45) is 0.625. The molecule has 1 saturated carbocycles. The van der Waals surface area contributed by atoms with Crippen LogP contribution in [0.3, 0.4) is 0 Å². The Morgan fingerprint density at radius 3 is 3.00 bits per heavy atom. The number of methoxy groups -OCH3 is 1. The second-order valence-corrected chi connectivity index (χ2v) is 4.28. The molecule has 0 radical (unpaired) electrons. The van der Waals surface area contributed by atoms with E-state index in [0.29, 0.717) is 11.4 Å². The summed E-state index contributed by atoms with van der Waals surface area (Å²) in [7, 11) is 1.35. The van der Waals surface area contributed by atoms with Crippen LogP contribution in [-0.4, -0.2) is 18.6 Å². The molecule has 2 unspecified atom stereocenters. The van der Waals surface area contributed by atoms with Gasteiger partial charge in [0.2, 0.25) is 0 Å². The molecule has 4 heteroatoms. The Morgan fingerprint density at radius 2 is 2.40 bits per heavy atom. The van der Waals surface area contributed by atoms with E-state index in [9.17, 15) is 4.79 Å². The maximum atomic E-state index is 11.4. The van der Waals surface area contributed by atoms with E-state index in [1.165, 1.54) is 7.11 Å². The second-order valence-electron chi connectivity index (χ2n) is 3.84. The first kappa shape index (κ1) is 10.5. The van der Waals surface area contributed by atoms with Gasteiger partial charge in [0.1, 0.15) is 5.54 Å². The van der Waals surface area contributed by atoms with Gasteiger partial charge in [0.05, 0.1) is 7.11 Å². The van der Waals surface area contributed by atoms with Gasteiger partial charge in [-0.3, -0.25) is 4.79 Å². The van der Waals surface area contributed by atoms with Gasteiger partial charge in [-0.05, 0) is 24.1 Å². The fourth-order valence-electron chi connectivity index (χ4n) is 1.83. The van der Waals surface area contributed by atoms with Crippen LogP contribution in [0.1, 0.15) is 17.9 Å². The number of benzene rings is 1. The van der Waals surface area contributed by atoms with Crippen LogP contribution in [0.2, 0.25) is 5.02 Å². The van der Waals surface area contributed by atoms with Crippen molar-refractivity contribution in [2.75, 3.05) is 7.11 Å². The van der Waals surface area contributed by atoms with E-state index in [-0.39, 0.29) is 11.9 Å². The fourth-order valence-corrected chi connectivity index (χ4v) is 2.03. The lowest BCUT2D eigenvalue weighted by Crippen LogP contribution is -2.35. The Balaban J connectivity index is 2.20. The van der Waals surface area contributed by atoms with Gasteiger partial charge in [0.15, 0.2) is 0 Å². The zero-order valence-corrected chi connectivity index (χ0v) is 9.12. The minimum Gasteiger partial charge on any atom is -0.468 e. The normalized spacial score (nSPS) is 28.6. The lowest BCUT2D eigenvalue weighted by molar-refractivity contribution is -0.143. The third-order valence-corrected chi connectivity index (χ3v) is 3.06. The maximum absolute atomic E-state index is 11.4. The lowest BCUT2D eigenvalue weighted by Gasteiger charge is -2.08. The van der Waals surface area contributed by atoms with Crippen molar-refractivity contribution in [2.24, 2.45) is 5.73 Å². The van der Waals surface area contributed by atoms with Crippen molar-refractivity contribution in [3.05, 3.63) is 34.9 Å². The largest absolute Gasteiger partial charge is 0.468 e. The van der Waals surface area contributed by atoms with Crippen LogP contribution < -0.4 is 5.73 Å². The van der Waals surface area contributed by atoms with Crippen molar-refractivity contribution in [1.82, 2.24) is 0 Å². The maximum Gasteiger partial charge on any atom is 0.326 e. The molecular formula is C11H12ClNO2. The molecule has 1 aromatic rings. The van der Waals surface area contributed by atoms with Crippen molar-refractivity contribution in [3.8, 4) is 0 Å². The molecule has 2 rings (SSSR count). The van der Waals surface area contributed by atoms with Crippen molar-refractivity contribution in [2.45, 2.75) is 17.9 Å². The lowest BCUT2D eigenvalue weighted by atomic mass is 10.1. The average molecular weight is 226 g/mol. The third-order valence-electron chi connectivity index (χ3n) is 2.82. The number of halogens is 1. The van der Waals surface area contributed by atoms with Gasteiger partial charge in [-0.1, -0.05) is 23.7 Å². The summed E-state index contributed by atoms with van der Waals surface area (Å²) >= 11 is 5.87. The first-order chi connectivity index (χ1) is 7.08. The van der Waals surface area contributed by atoms with Gasteiger partial charge < -0.3 is 10.5 Å². The Bertz CT molecular complexity index is 407. The standard InChI is InChI=1S/C11H12ClNO2/c1-15-10(14)11(13)6-9(11)7-3-2-4-8(12)5-7/h2-5,9H,6,13H2,1H3. The first-order valence-electron chi connectivity index (χ1n) is 4.70. The van der Waals surface area contributed by atoms with E-state index < -0.39 is 5.54 Å². The van der Waals surface area contributed by atoms with Crippen molar-refractivity contribution >= 4 is 17.6 Å². The summed E-state index contributed by atoms with van der Waals surface area (Å²) in [6.45, 7) is 0. The molecule has 2 N–H and O–H groups in total. The second kappa shape index (κ2) is 3.51. The molecule has 0 amide bonds. The number of carbonyl (C=O) groups is 1. The Kier molecular flexibility index (Phi) is 2.44. The summed E-state index contributed by atoms with van der Waals surface area (Å²) in [4.78, 5) is 11.4. The number of hydrogen-bond acceptors (Lipinski definition) is 3. The topological polar surface area (TPSA) is 52.3 Å². The van der Waals surface area contributed by atoms with Crippen molar-refractivity contribution < 1.29 is 9.53 Å². The van der Waals surface area contributed by atoms with Gasteiger partial charge in [-0.15, -0.1) is 0 Å². The highest BCUT2D eigenvalue weighted by molar-refractivity contribution is 6.30. The van der Waals surface area contributed by atoms with Crippen LogP contribution >= 0.6 is 11.6 Å². The Hall–Kier alpha value is -1.06. The third kappa shape index (κ3) is 1.73. The molecule has 1 fully saturated rings. The van der Waals surface area contributed by atoms with E-state index in [0.717, 1.165) is 5.56 Å². The molecule has 2 atom stereocenters. The first-order valence-corrected chi connectivity index (χ1v) is 5.08. The van der Waals surface area contributed by atoms with Crippen LogP contribution in [0.4, 0.5) is 0 Å². The summed E-state index contributed by atoms with van der Waals surface area (Å²) in [6, 6.07) is 7.41. The van der Waals surface area contributed by atoms with E-state index in [1.54, 1.807) is 6.07 Å². The summed E-state index contributed by atoms with van der Waals surface area (Å²) in [5, 5.41) is 0.659. The molecular weight excluding hydrogens is 214 g/mol. The molecule has 80 valence electrons. The highest BCUT2D eigenvalue weighted by Gasteiger charge is 2.58. The van der Waals surface area contributed by atoms with Crippen molar-refractivity contribution in [1.29, 1.82) is 0 Å². The smallest absolute Gasteiger partial charge is 0.326 e. The highest BCUT2D eigenvalue weighted by atomic mass is 35.5. The Labute approximate surface area is 93.2 Å². The van der Waals surface area contributed by atoms with Crippen LogP contribution in [0.25, 0.3) is 0 Å². The quantitative estimate of drug-likeness (QED) is 0.780. The Morgan fingerprint density at radius 1 is 1.67 bits per heavy atom. The number of esters is 1. The summed E-state index contributed by atoms with van der Waals surface area (Å²) in [5.74, 6) is -0.323. The molecule has 0 heterocycles. The monoisotopic (exact) mass is 225 g/mol. The van der Waals surface area contributed by atoms with Gasteiger partial charge >= 0.3 is 5.97 Å². The van der Waals surface area contributed by atoms with E-state index in [4.69, 9.17) is 17.3 Å². The molecule has 1 aliphatic carbocycles. The van der Waals surface area contributed by atoms with E-state index in [1.807, 2.05) is 18.2 Å². The zero-order chi connectivity index (χ0) is 11.1. The molecule has 15 heavy (non-hydrogen) atoms. The molecule has 0 aromatic heterocycles. The van der Waals surface area contributed by atoms with Gasteiger partial charge in [-0.2, -0.15) is 0 Å². The van der Waals surface area contributed by atoms with Gasteiger partial charge in [0, 0.05) is 10.9 Å². The van der Waals surface area contributed by atoms with Crippen LogP contribution in [0.15, 0.2) is 24.3 Å². The SMILES string of the molecule is COC(=O)C1(N)CC1c1cccc(Cl)c1. The summed E-state index contributed by atoms with van der Waals surface area (Å²) in [5.41, 5.74) is 6.06. The minimum absolute atomic E-state index is 0.0312. The summed E-state index contributed by atoms with van der Waals surface area (Å²) < 4.78 is 4.66. The van der Waals surface area contributed by atoms with Gasteiger partial charge in [-0.25, -0.2) is 0 Å². The molecule has 0 bridgehead atoms. The number of nitrogens with two attached hydrogens (primary N) is 1. The van der Waals surface area contributed by atoms with Gasteiger partial charge in [0.25, 0.3) is 0 Å². The molecule has 0 saturated heterocycles. The van der Waals surface area contributed by atoms with E-state index >= 15 is 0 Å². The highest BCUT2D eigenvalue weighted by Crippen LogP contribution is 2.50. The van der Waals surface area contributed by atoms with Crippen molar-refractivity contribution in [3.63, 3.8) is 0 Å². The molecule has 1 aromatic carbocycles. The fraction of sp³-hybridized carbons (Fsp3) is 0.364. The molecule has 3 nitrogen and oxygen atoms in total. The predicted octanol–water partition coefficient (Wildman–Crippen LogP) is 1.70. The average Bonchev–Trinajstić information content (AvgIpc) is 2.91. The van der Waals surface area contributed by atoms with Crippen LogP contribution in [-0.2, 0) is 9.53 Å². The zero-order valence-electron chi connectivity index (χ0n) is 8.37. The van der Waals surface area contributed by atoms with Crippen LogP contribution in [0, 0.1) is 0 Å². The molecule has 1 aliphatic rings. The van der Waals surface area contributed by atoms with E-state index in [2.05, 4.69) is 4.74 Å². The number of ether oxygens (including phenoxy) is 1. The number of carbonyl (C=O) groups excluding carboxylic acids is 1. The van der Waals surface area contributed by atoms with Crippen LogP contribution in [0.5, 0.6) is 0 Å². The minimum atomic E-state index is -0.848. The number of hydrogen-bond donors (Lipinski definition) is 1. The molecule has 0 aliphatic heterocycles. The predicted molar refractivity (Wildman–Crippen MR) is 57.7 cm³/mol.